The Hall–Kier alpha value is -2.88. The summed E-state index contributed by atoms with van der Waals surface area (Å²) in [6.07, 6.45) is 6.71. The first-order valence-corrected chi connectivity index (χ1v) is 9.59. The zero-order chi connectivity index (χ0) is 20.6. The summed E-state index contributed by atoms with van der Waals surface area (Å²) < 4.78 is 15.6. The van der Waals surface area contributed by atoms with E-state index in [-0.39, 0.29) is 6.54 Å². The van der Waals surface area contributed by atoms with Crippen molar-refractivity contribution in [3.8, 4) is 11.8 Å². The van der Waals surface area contributed by atoms with Crippen LogP contribution in [-0.2, 0) is 19.6 Å². The van der Waals surface area contributed by atoms with Gasteiger partial charge in [0.1, 0.15) is 6.67 Å². The van der Waals surface area contributed by atoms with Gasteiger partial charge < -0.3 is 4.90 Å². The minimum atomic E-state index is -0.460. The Kier molecular flexibility index (Phi) is 7.23. The van der Waals surface area contributed by atoms with Gasteiger partial charge in [-0.05, 0) is 31.3 Å². The molecular weight excluding hydrogens is 389 g/mol. The number of hydrogen-bond donors (Lipinski definition) is 0. The quantitative estimate of drug-likeness (QED) is 0.437. The second-order valence-corrected chi connectivity index (χ2v) is 7.31. The molecule has 0 aliphatic rings. The first kappa shape index (κ1) is 20.8. The Bertz CT molecular complexity index is 988. The molecule has 0 spiro atoms. The van der Waals surface area contributed by atoms with E-state index in [0.717, 1.165) is 17.8 Å². The molecule has 150 valence electrons. The number of rotatable bonds is 7. The normalized spacial score (nSPS) is 10.7. The molecule has 1 aromatic carbocycles. The van der Waals surface area contributed by atoms with E-state index < -0.39 is 6.67 Å². The topological polar surface area (TPSA) is 37.2 Å². The number of aromatic nitrogens is 3. The second-order valence-electron chi connectivity index (χ2n) is 6.90. The Morgan fingerprint density at radius 2 is 1.76 bits per heavy atom. The fraction of sp³-hybridized carbons (Fsp3) is 0.273. The Morgan fingerprint density at radius 3 is 2.45 bits per heavy atom. The van der Waals surface area contributed by atoms with Crippen molar-refractivity contribution in [2.75, 3.05) is 25.2 Å². The van der Waals surface area contributed by atoms with Crippen LogP contribution in [0.2, 0.25) is 0 Å². The maximum Gasteiger partial charge on any atom is 0.109 e. The highest BCUT2D eigenvalue weighted by Crippen LogP contribution is 2.23. The summed E-state index contributed by atoms with van der Waals surface area (Å²) in [4.78, 5) is 6.29. The lowest BCUT2D eigenvalue weighted by Gasteiger charge is -2.18. The molecule has 2 aromatic heterocycles. The van der Waals surface area contributed by atoms with E-state index in [4.69, 9.17) is 11.8 Å². The van der Waals surface area contributed by atoms with Crippen LogP contribution in [0, 0.1) is 11.8 Å². The molecule has 0 fully saturated rings. The van der Waals surface area contributed by atoms with E-state index in [2.05, 4.69) is 51.1 Å². The Morgan fingerprint density at radius 1 is 1.03 bits per heavy atom. The molecule has 29 heavy (non-hydrogen) atoms. The average molecular weight is 412 g/mol. The van der Waals surface area contributed by atoms with Crippen molar-refractivity contribution in [3.63, 3.8) is 0 Å². The predicted octanol–water partition coefficient (Wildman–Crippen LogP) is 3.87. The van der Waals surface area contributed by atoms with E-state index in [0.29, 0.717) is 17.7 Å². The third-order valence-electron chi connectivity index (χ3n) is 4.19. The lowest BCUT2D eigenvalue weighted by Crippen LogP contribution is -2.12. The monoisotopic (exact) mass is 411 g/mol. The molecule has 0 saturated heterocycles. The fourth-order valence-electron chi connectivity index (χ4n) is 2.83. The first-order valence-electron chi connectivity index (χ1n) is 9.25. The van der Waals surface area contributed by atoms with Crippen molar-refractivity contribution in [2.45, 2.75) is 19.6 Å². The zero-order valence-electron chi connectivity index (χ0n) is 16.5. The molecule has 0 bridgehead atoms. The number of hydrogen-bond acceptors (Lipinski definition) is 4. The number of benzene rings is 1. The SMILES string of the molecule is CN(C)Cc1ccc(CN(Cl)c2ccncc2C#Cc2cnn(CCF)c2)cc1. The van der Waals surface area contributed by atoms with Crippen LogP contribution in [0.3, 0.4) is 0 Å². The lowest BCUT2D eigenvalue weighted by molar-refractivity contribution is 0.402. The first-order chi connectivity index (χ1) is 14.0. The van der Waals surface area contributed by atoms with Gasteiger partial charge in [0.2, 0.25) is 0 Å². The van der Waals surface area contributed by atoms with Crippen LogP contribution >= 0.6 is 11.8 Å². The smallest absolute Gasteiger partial charge is 0.109 e. The van der Waals surface area contributed by atoms with E-state index in [1.54, 1.807) is 29.2 Å². The summed E-state index contributed by atoms with van der Waals surface area (Å²) in [7, 11) is 4.10. The molecule has 3 rings (SSSR count). The van der Waals surface area contributed by atoms with Crippen molar-refractivity contribution < 1.29 is 4.39 Å². The Labute approximate surface area is 175 Å². The molecule has 0 saturated carbocycles. The van der Waals surface area contributed by atoms with Crippen molar-refractivity contribution >= 4 is 17.5 Å². The third kappa shape index (κ3) is 6.05. The van der Waals surface area contributed by atoms with Crippen LogP contribution in [-0.4, -0.2) is 40.4 Å². The largest absolute Gasteiger partial charge is 0.305 e. The molecule has 0 N–H and O–H groups in total. The van der Waals surface area contributed by atoms with Crippen LogP contribution in [0.15, 0.2) is 55.1 Å². The average Bonchev–Trinajstić information content (AvgIpc) is 3.15. The fourth-order valence-corrected chi connectivity index (χ4v) is 3.12. The van der Waals surface area contributed by atoms with Crippen LogP contribution in [0.4, 0.5) is 10.1 Å². The summed E-state index contributed by atoms with van der Waals surface area (Å²) in [5, 5.41) is 4.08. The highest BCUT2D eigenvalue weighted by Gasteiger charge is 2.09. The zero-order valence-corrected chi connectivity index (χ0v) is 17.3. The number of alkyl halides is 1. The number of pyridine rings is 1. The van der Waals surface area contributed by atoms with Gasteiger partial charge in [0.05, 0.1) is 36.1 Å². The maximum atomic E-state index is 12.4. The van der Waals surface area contributed by atoms with Gasteiger partial charge in [0, 0.05) is 36.9 Å². The van der Waals surface area contributed by atoms with Crippen LogP contribution in [0.25, 0.3) is 0 Å². The van der Waals surface area contributed by atoms with Gasteiger partial charge in [-0.15, -0.1) is 0 Å². The van der Waals surface area contributed by atoms with Gasteiger partial charge >= 0.3 is 0 Å². The van der Waals surface area contributed by atoms with Crippen LogP contribution in [0.1, 0.15) is 22.3 Å². The molecule has 0 aliphatic heterocycles. The van der Waals surface area contributed by atoms with Crippen molar-refractivity contribution in [1.29, 1.82) is 0 Å². The molecule has 0 unspecified atom stereocenters. The van der Waals surface area contributed by atoms with Gasteiger partial charge in [0.15, 0.2) is 0 Å². The predicted molar refractivity (Wildman–Crippen MR) is 114 cm³/mol. The number of anilines is 1. The summed E-state index contributed by atoms with van der Waals surface area (Å²) in [6.45, 7) is 1.20. The van der Waals surface area contributed by atoms with E-state index in [9.17, 15) is 4.39 Å². The molecule has 0 atom stereocenters. The van der Waals surface area contributed by atoms with E-state index in [1.165, 1.54) is 10.2 Å². The lowest BCUT2D eigenvalue weighted by atomic mass is 10.1. The standard InChI is InChI=1S/C22H23ClFN5/c1-27(2)15-18-3-5-19(6-4-18)17-29(23)22-9-11-25-14-21(22)8-7-20-13-26-28(16-20)12-10-24/h3-6,9,11,13-14,16H,10,12,15,17H2,1-2H3. The van der Waals surface area contributed by atoms with Crippen molar-refractivity contribution in [3.05, 3.63) is 77.4 Å². The molecule has 0 aliphatic carbocycles. The van der Waals surface area contributed by atoms with E-state index >= 15 is 0 Å². The van der Waals surface area contributed by atoms with Gasteiger partial charge in [0.25, 0.3) is 0 Å². The molecular formula is C22H23ClFN5. The molecule has 2 heterocycles. The molecule has 3 aromatic rings. The molecule has 7 heteroatoms. The Balaban J connectivity index is 1.73. The minimum Gasteiger partial charge on any atom is -0.305 e. The van der Waals surface area contributed by atoms with Gasteiger partial charge in [-0.25, -0.2) is 4.39 Å². The second kappa shape index (κ2) is 10.1. The van der Waals surface area contributed by atoms with Gasteiger partial charge in [-0.3, -0.25) is 14.1 Å². The van der Waals surface area contributed by atoms with Crippen LogP contribution in [0.5, 0.6) is 0 Å². The summed E-state index contributed by atoms with van der Waals surface area (Å²) >= 11 is 6.57. The molecule has 0 amide bonds. The number of aryl methyl sites for hydroxylation is 1. The number of halogens is 2. The van der Waals surface area contributed by atoms with Gasteiger partial charge in [-0.2, -0.15) is 5.10 Å². The highest BCUT2D eigenvalue weighted by molar-refractivity contribution is 6.25. The maximum absolute atomic E-state index is 12.4. The van der Waals surface area contributed by atoms with E-state index in [1.807, 2.05) is 20.2 Å². The summed E-state index contributed by atoms with van der Waals surface area (Å²) in [6, 6.07) is 10.2. The summed E-state index contributed by atoms with van der Waals surface area (Å²) in [5.41, 5.74) is 4.56. The van der Waals surface area contributed by atoms with Gasteiger partial charge in [-0.1, -0.05) is 36.1 Å². The molecule has 0 radical (unpaired) electrons. The van der Waals surface area contributed by atoms with Crippen molar-refractivity contribution in [1.82, 2.24) is 19.7 Å². The molecule has 5 nitrogen and oxygen atoms in total. The summed E-state index contributed by atoms with van der Waals surface area (Å²) in [5.74, 6) is 6.13. The number of nitrogens with zero attached hydrogens (tertiary/aromatic N) is 5. The van der Waals surface area contributed by atoms with Crippen LogP contribution < -0.4 is 4.42 Å². The highest BCUT2D eigenvalue weighted by atomic mass is 35.5. The third-order valence-corrected chi connectivity index (χ3v) is 4.49. The van der Waals surface area contributed by atoms with Crippen molar-refractivity contribution in [2.24, 2.45) is 0 Å². The minimum absolute atomic E-state index is 0.225.